The van der Waals surface area contributed by atoms with Crippen LogP contribution >= 0.6 is 0 Å². The lowest BCUT2D eigenvalue weighted by Gasteiger charge is -2.24. The third-order valence-corrected chi connectivity index (χ3v) is 2.85. The summed E-state index contributed by atoms with van der Waals surface area (Å²) in [6.45, 7) is 6.86. The molecule has 1 aliphatic heterocycles. The van der Waals surface area contributed by atoms with E-state index in [0.29, 0.717) is 12.6 Å². The van der Waals surface area contributed by atoms with Gasteiger partial charge < -0.3 is 15.7 Å². The van der Waals surface area contributed by atoms with Crippen molar-refractivity contribution in [2.45, 2.75) is 51.2 Å². The Bertz CT molecular complexity index is 153. The van der Waals surface area contributed by atoms with E-state index in [1.807, 2.05) is 6.92 Å². The van der Waals surface area contributed by atoms with E-state index < -0.39 is 5.60 Å². The van der Waals surface area contributed by atoms with Crippen LogP contribution in [0.2, 0.25) is 0 Å². The fourth-order valence-electron chi connectivity index (χ4n) is 2.07. The zero-order valence-electron chi connectivity index (χ0n) is 9.47. The molecule has 3 N–H and O–H groups in total. The maximum Gasteiger partial charge on any atom is 0.0743 e. The van der Waals surface area contributed by atoms with Gasteiger partial charge in [0.2, 0.25) is 0 Å². The van der Waals surface area contributed by atoms with E-state index in [0.717, 1.165) is 25.9 Å². The number of hydrogen-bond donors (Lipinski definition) is 3. The molecule has 0 bridgehead atoms. The van der Waals surface area contributed by atoms with Gasteiger partial charge in [0.25, 0.3) is 0 Å². The Morgan fingerprint density at radius 3 is 2.93 bits per heavy atom. The average molecular weight is 200 g/mol. The van der Waals surface area contributed by atoms with Gasteiger partial charge in [0, 0.05) is 19.1 Å². The molecule has 1 saturated heterocycles. The highest BCUT2D eigenvalue weighted by Gasteiger charge is 2.19. The summed E-state index contributed by atoms with van der Waals surface area (Å²) >= 11 is 0. The van der Waals surface area contributed by atoms with Crippen molar-refractivity contribution in [1.82, 2.24) is 10.6 Å². The predicted molar refractivity (Wildman–Crippen MR) is 59.4 cm³/mol. The molecule has 0 spiro atoms. The first-order valence-corrected chi connectivity index (χ1v) is 5.80. The molecule has 1 rings (SSSR count). The van der Waals surface area contributed by atoms with Crippen molar-refractivity contribution in [3.8, 4) is 0 Å². The van der Waals surface area contributed by atoms with Gasteiger partial charge in [0.1, 0.15) is 0 Å². The topological polar surface area (TPSA) is 44.3 Å². The molecule has 1 heterocycles. The second-order valence-corrected chi connectivity index (χ2v) is 4.67. The van der Waals surface area contributed by atoms with Crippen LogP contribution in [0.5, 0.6) is 0 Å². The van der Waals surface area contributed by atoms with Crippen molar-refractivity contribution < 1.29 is 5.11 Å². The lowest BCUT2D eigenvalue weighted by molar-refractivity contribution is 0.0498. The molecule has 2 atom stereocenters. The lowest BCUT2D eigenvalue weighted by Crippen LogP contribution is -2.42. The third kappa shape index (κ3) is 4.40. The molecule has 3 nitrogen and oxygen atoms in total. The summed E-state index contributed by atoms with van der Waals surface area (Å²) in [5.41, 5.74) is -0.534. The SMILES string of the molecule is CCCC(C)(O)CNCC1CCCN1. The molecule has 0 saturated carbocycles. The summed E-state index contributed by atoms with van der Waals surface area (Å²) in [4.78, 5) is 0. The van der Waals surface area contributed by atoms with Gasteiger partial charge >= 0.3 is 0 Å². The van der Waals surface area contributed by atoms with Crippen LogP contribution in [-0.2, 0) is 0 Å². The van der Waals surface area contributed by atoms with E-state index in [4.69, 9.17) is 0 Å². The van der Waals surface area contributed by atoms with Crippen molar-refractivity contribution >= 4 is 0 Å². The Labute approximate surface area is 87.3 Å². The van der Waals surface area contributed by atoms with Gasteiger partial charge in [-0.25, -0.2) is 0 Å². The molecule has 0 aromatic heterocycles. The Morgan fingerprint density at radius 1 is 1.57 bits per heavy atom. The highest BCUT2D eigenvalue weighted by atomic mass is 16.3. The van der Waals surface area contributed by atoms with Crippen LogP contribution in [0.1, 0.15) is 39.5 Å². The summed E-state index contributed by atoms with van der Waals surface area (Å²) in [5.74, 6) is 0. The van der Waals surface area contributed by atoms with Gasteiger partial charge in [0.05, 0.1) is 5.60 Å². The van der Waals surface area contributed by atoms with Crippen LogP contribution in [0.4, 0.5) is 0 Å². The first-order valence-electron chi connectivity index (χ1n) is 5.80. The highest BCUT2D eigenvalue weighted by Crippen LogP contribution is 2.10. The highest BCUT2D eigenvalue weighted by molar-refractivity contribution is 4.80. The van der Waals surface area contributed by atoms with Crippen LogP contribution in [0, 0.1) is 0 Å². The van der Waals surface area contributed by atoms with E-state index in [2.05, 4.69) is 17.6 Å². The minimum atomic E-state index is -0.534. The largest absolute Gasteiger partial charge is 0.389 e. The first-order chi connectivity index (χ1) is 6.64. The summed E-state index contributed by atoms with van der Waals surface area (Å²) in [6.07, 6.45) is 4.47. The van der Waals surface area contributed by atoms with Crippen LogP contribution in [0.25, 0.3) is 0 Å². The van der Waals surface area contributed by atoms with Gasteiger partial charge in [0.15, 0.2) is 0 Å². The molecule has 3 heteroatoms. The summed E-state index contributed by atoms with van der Waals surface area (Å²) in [5, 5.41) is 16.7. The normalized spacial score (nSPS) is 26.4. The molecular weight excluding hydrogens is 176 g/mol. The molecule has 0 radical (unpaired) electrons. The molecule has 1 fully saturated rings. The predicted octanol–water partition coefficient (Wildman–Crippen LogP) is 0.879. The molecule has 0 amide bonds. The smallest absolute Gasteiger partial charge is 0.0743 e. The van der Waals surface area contributed by atoms with E-state index >= 15 is 0 Å². The Balaban J connectivity index is 2.07. The quantitative estimate of drug-likeness (QED) is 0.596. The number of nitrogens with one attached hydrogen (secondary N) is 2. The minimum absolute atomic E-state index is 0.534. The minimum Gasteiger partial charge on any atom is -0.389 e. The van der Waals surface area contributed by atoms with E-state index in [1.54, 1.807) is 0 Å². The maximum atomic E-state index is 9.91. The van der Waals surface area contributed by atoms with Crippen molar-refractivity contribution in [2.75, 3.05) is 19.6 Å². The molecular formula is C11H24N2O. The molecule has 2 unspecified atom stereocenters. The summed E-state index contributed by atoms with van der Waals surface area (Å²) < 4.78 is 0. The Hall–Kier alpha value is -0.120. The van der Waals surface area contributed by atoms with Crippen molar-refractivity contribution in [2.24, 2.45) is 0 Å². The average Bonchev–Trinajstić information content (AvgIpc) is 2.56. The summed E-state index contributed by atoms with van der Waals surface area (Å²) in [7, 11) is 0. The standard InChI is InChI=1S/C11H24N2O/c1-3-6-11(2,14)9-12-8-10-5-4-7-13-10/h10,12-14H,3-9H2,1-2H3. The molecule has 84 valence electrons. The van der Waals surface area contributed by atoms with Crippen LogP contribution in [0.3, 0.4) is 0 Å². The van der Waals surface area contributed by atoms with Crippen molar-refractivity contribution in [3.63, 3.8) is 0 Å². The van der Waals surface area contributed by atoms with Gasteiger partial charge in [-0.3, -0.25) is 0 Å². The van der Waals surface area contributed by atoms with Gasteiger partial charge in [-0.15, -0.1) is 0 Å². The van der Waals surface area contributed by atoms with Crippen molar-refractivity contribution in [1.29, 1.82) is 0 Å². The first kappa shape index (κ1) is 12.0. The fourth-order valence-corrected chi connectivity index (χ4v) is 2.07. The van der Waals surface area contributed by atoms with Crippen LogP contribution in [-0.4, -0.2) is 36.4 Å². The van der Waals surface area contributed by atoms with Crippen LogP contribution in [0.15, 0.2) is 0 Å². The fraction of sp³-hybridized carbons (Fsp3) is 1.00. The third-order valence-electron chi connectivity index (χ3n) is 2.85. The molecule has 0 aromatic rings. The van der Waals surface area contributed by atoms with E-state index in [9.17, 15) is 5.11 Å². The molecule has 14 heavy (non-hydrogen) atoms. The van der Waals surface area contributed by atoms with Crippen LogP contribution < -0.4 is 10.6 Å². The second-order valence-electron chi connectivity index (χ2n) is 4.67. The molecule has 0 aliphatic carbocycles. The van der Waals surface area contributed by atoms with E-state index in [-0.39, 0.29) is 0 Å². The van der Waals surface area contributed by atoms with Crippen molar-refractivity contribution in [3.05, 3.63) is 0 Å². The zero-order valence-corrected chi connectivity index (χ0v) is 9.47. The molecule has 0 aromatic carbocycles. The number of rotatable bonds is 6. The Morgan fingerprint density at radius 2 is 2.36 bits per heavy atom. The molecule has 1 aliphatic rings. The maximum absolute atomic E-state index is 9.91. The monoisotopic (exact) mass is 200 g/mol. The lowest BCUT2D eigenvalue weighted by atomic mass is 10.0. The van der Waals surface area contributed by atoms with Gasteiger partial charge in [-0.1, -0.05) is 13.3 Å². The number of aliphatic hydroxyl groups is 1. The number of hydrogen-bond acceptors (Lipinski definition) is 3. The van der Waals surface area contributed by atoms with Gasteiger partial charge in [-0.2, -0.15) is 0 Å². The second kappa shape index (κ2) is 5.69. The Kier molecular flexibility index (Phi) is 4.85. The zero-order chi connectivity index (χ0) is 10.4. The van der Waals surface area contributed by atoms with Gasteiger partial charge in [-0.05, 0) is 32.7 Å². The van der Waals surface area contributed by atoms with E-state index in [1.165, 1.54) is 12.8 Å². The summed E-state index contributed by atoms with van der Waals surface area (Å²) in [6, 6.07) is 0.618.